The average molecular weight is 1090 g/mol. The highest BCUT2D eigenvalue weighted by Gasteiger charge is 2.18. The first-order chi connectivity index (χ1) is 38.5. The molecule has 0 heterocycles. The quantitative estimate of drug-likeness (QED) is 0.0320. The zero-order valence-corrected chi connectivity index (χ0v) is 52.4. The van der Waals surface area contributed by atoms with Gasteiger partial charge in [0.05, 0.1) is 25.4 Å². The van der Waals surface area contributed by atoms with Crippen LogP contribution in [0.1, 0.15) is 373 Å². The maximum atomic E-state index is 12.5. The van der Waals surface area contributed by atoms with Gasteiger partial charge in [0, 0.05) is 12.8 Å². The van der Waals surface area contributed by atoms with Crippen molar-refractivity contribution in [2.45, 2.75) is 386 Å². The molecule has 6 heteroatoms. The predicted molar refractivity (Wildman–Crippen MR) is 342 cm³/mol. The zero-order chi connectivity index (χ0) is 56.4. The molecule has 0 aliphatic heterocycles. The van der Waals surface area contributed by atoms with Crippen molar-refractivity contribution in [3.63, 3.8) is 0 Å². The second-order valence-electron chi connectivity index (χ2n) is 23.9. The number of allylic oxidation sites excluding steroid dienone is 7. The summed E-state index contributed by atoms with van der Waals surface area (Å²) in [7, 11) is 0. The monoisotopic (exact) mass is 1090 g/mol. The molecular formula is C72H135NO5. The van der Waals surface area contributed by atoms with Crippen molar-refractivity contribution >= 4 is 11.9 Å². The van der Waals surface area contributed by atoms with Gasteiger partial charge >= 0.3 is 5.97 Å². The van der Waals surface area contributed by atoms with Crippen molar-refractivity contribution < 1.29 is 24.5 Å². The lowest BCUT2D eigenvalue weighted by molar-refractivity contribution is -0.143. The molecule has 0 aromatic heterocycles. The molecule has 0 fully saturated rings. The molecule has 0 aliphatic rings. The summed E-state index contributed by atoms with van der Waals surface area (Å²) in [6.07, 6.45) is 87.5. The topological polar surface area (TPSA) is 95.9 Å². The van der Waals surface area contributed by atoms with E-state index in [4.69, 9.17) is 4.74 Å². The van der Waals surface area contributed by atoms with E-state index in [9.17, 15) is 19.8 Å². The number of unbranched alkanes of at least 4 members (excludes halogenated alkanes) is 48. The van der Waals surface area contributed by atoms with Crippen LogP contribution in [0.3, 0.4) is 0 Å². The van der Waals surface area contributed by atoms with Crippen molar-refractivity contribution in [2.75, 3.05) is 13.2 Å². The minimum Gasteiger partial charge on any atom is -0.466 e. The zero-order valence-electron chi connectivity index (χ0n) is 52.4. The second-order valence-corrected chi connectivity index (χ2v) is 23.9. The number of aliphatic hydroxyl groups is 2. The summed E-state index contributed by atoms with van der Waals surface area (Å²) in [4.78, 5) is 24.5. The molecule has 6 nitrogen and oxygen atoms in total. The normalized spacial score (nSPS) is 12.8. The van der Waals surface area contributed by atoms with Gasteiger partial charge in [-0.25, -0.2) is 0 Å². The first-order valence-electron chi connectivity index (χ1n) is 34.9. The molecule has 0 saturated heterocycles. The van der Waals surface area contributed by atoms with Gasteiger partial charge in [-0.15, -0.1) is 0 Å². The molecule has 0 radical (unpaired) electrons. The summed E-state index contributed by atoms with van der Waals surface area (Å²) in [5.41, 5.74) is 0. The molecule has 0 saturated carbocycles. The SMILES string of the molecule is CCCCC/C=C\CCCCCCCC(=O)OCCCCCCCCCCC/C=C\C/C=C\CCCCCCCCCCCCCC(=O)NC(CO)C(O)/C=C/CCCCCCCCCCCCCCCCCCCCCC. The van der Waals surface area contributed by atoms with Crippen LogP contribution in [-0.2, 0) is 14.3 Å². The van der Waals surface area contributed by atoms with Gasteiger partial charge in [-0.3, -0.25) is 9.59 Å². The van der Waals surface area contributed by atoms with E-state index in [0.717, 1.165) is 51.4 Å². The van der Waals surface area contributed by atoms with E-state index >= 15 is 0 Å². The van der Waals surface area contributed by atoms with Crippen LogP contribution >= 0.6 is 0 Å². The van der Waals surface area contributed by atoms with Crippen LogP contribution in [0.4, 0.5) is 0 Å². The molecule has 458 valence electrons. The summed E-state index contributed by atoms with van der Waals surface area (Å²) in [6, 6.07) is -0.632. The van der Waals surface area contributed by atoms with Gasteiger partial charge < -0.3 is 20.3 Å². The largest absolute Gasteiger partial charge is 0.466 e. The number of ether oxygens (including phenoxy) is 1. The molecule has 1 amide bonds. The van der Waals surface area contributed by atoms with Gasteiger partial charge in [-0.05, 0) is 89.9 Å². The van der Waals surface area contributed by atoms with Crippen molar-refractivity contribution in [1.82, 2.24) is 5.32 Å². The summed E-state index contributed by atoms with van der Waals surface area (Å²) < 4.78 is 5.47. The van der Waals surface area contributed by atoms with Gasteiger partial charge in [0.25, 0.3) is 0 Å². The van der Waals surface area contributed by atoms with Crippen LogP contribution in [0.2, 0.25) is 0 Å². The van der Waals surface area contributed by atoms with Gasteiger partial charge in [0.2, 0.25) is 5.91 Å². The van der Waals surface area contributed by atoms with Crippen molar-refractivity contribution in [2.24, 2.45) is 0 Å². The van der Waals surface area contributed by atoms with E-state index in [1.807, 2.05) is 6.08 Å². The lowest BCUT2D eigenvalue weighted by atomic mass is 10.0. The minimum absolute atomic E-state index is 0.000176. The molecule has 78 heavy (non-hydrogen) atoms. The Labute approximate surface area is 486 Å². The molecule has 0 bridgehead atoms. The van der Waals surface area contributed by atoms with E-state index < -0.39 is 12.1 Å². The Morgan fingerprint density at radius 1 is 0.359 bits per heavy atom. The Morgan fingerprint density at radius 2 is 0.641 bits per heavy atom. The molecule has 3 N–H and O–H groups in total. The third kappa shape index (κ3) is 63.0. The lowest BCUT2D eigenvalue weighted by Gasteiger charge is -2.20. The molecular weight excluding hydrogens is 959 g/mol. The number of hydrogen-bond acceptors (Lipinski definition) is 5. The van der Waals surface area contributed by atoms with Gasteiger partial charge in [0.15, 0.2) is 0 Å². The summed E-state index contributed by atoms with van der Waals surface area (Å²) in [5.74, 6) is -0.0679. The Hall–Kier alpha value is -2.18. The van der Waals surface area contributed by atoms with Gasteiger partial charge in [-0.1, -0.05) is 319 Å². The molecule has 0 aliphatic carbocycles. The smallest absolute Gasteiger partial charge is 0.305 e. The standard InChI is InChI=1S/C72H135NO5/c1-3-5-7-9-11-13-15-17-18-19-20-21-29-32-35-38-41-44-48-52-56-60-64-70(75)69(68-74)73-71(76)65-61-57-53-49-45-42-39-36-33-30-27-25-23-22-24-26-28-31-34-37-40-43-47-51-55-59-63-67-78-72(77)66-62-58-54-50-46-16-14-12-10-8-6-4-2/h12,14,22-23,26,28,60,64,69-70,74-75H,3-11,13,15-21,24-25,27,29-59,61-63,65-68H2,1-2H3,(H,73,76)/b14-12-,23-22-,28-26-,64-60+. The van der Waals surface area contributed by atoms with Gasteiger partial charge in [0.1, 0.15) is 0 Å². The number of rotatable bonds is 65. The number of aliphatic hydroxyl groups excluding tert-OH is 2. The lowest BCUT2D eigenvalue weighted by Crippen LogP contribution is -2.45. The number of nitrogens with one attached hydrogen (secondary N) is 1. The fraction of sp³-hybridized carbons (Fsp3) is 0.861. The highest BCUT2D eigenvalue weighted by Crippen LogP contribution is 2.18. The number of carbonyl (C=O) groups is 2. The summed E-state index contributed by atoms with van der Waals surface area (Å²) in [6.45, 7) is 4.90. The Kier molecular flexibility index (Phi) is 65.4. The van der Waals surface area contributed by atoms with Crippen molar-refractivity contribution in [3.8, 4) is 0 Å². The van der Waals surface area contributed by atoms with E-state index in [1.165, 1.54) is 295 Å². The maximum absolute atomic E-state index is 12.5. The molecule has 2 unspecified atom stereocenters. The van der Waals surface area contributed by atoms with Crippen LogP contribution in [0.25, 0.3) is 0 Å². The summed E-state index contributed by atoms with van der Waals surface area (Å²) >= 11 is 0. The van der Waals surface area contributed by atoms with E-state index in [0.29, 0.717) is 19.4 Å². The first-order valence-corrected chi connectivity index (χ1v) is 34.9. The number of carbonyl (C=O) groups excluding carboxylic acids is 2. The highest BCUT2D eigenvalue weighted by molar-refractivity contribution is 5.76. The minimum atomic E-state index is -0.849. The predicted octanol–water partition coefficient (Wildman–Crippen LogP) is 22.5. The highest BCUT2D eigenvalue weighted by atomic mass is 16.5. The maximum Gasteiger partial charge on any atom is 0.305 e. The Morgan fingerprint density at radius 3 is 1.01 bits per heavy atom. The van der Waals surface area contributed by atoms with Crippen LogP contribution in [-0.4, -0.2) is 47.4 Å². The molecule has 0 rings (SSSR count). The van der Waals surface area contributed by atoms with E-state index in [-0.39, 0.29) is 18.5 Å². The van der Waals surface area contributed by atoms with E-state index in [2.05, 4.69) is 55.6 Å². The molecule has 0 aromatic rings. The van der Waals surface area contributed by atoms with Crippen molar-refractivity contribution in [1.29, 1.82) is 0 Å². The molecule has 0 spiro atoms. The first kappa shape index (κ1) is 75.8. The molecule has 0 aromatic carbocycles. The van der Waals surface area contributed by atoms with Crippen LogP contribution in [0.15, 0.2) is 48.6 Å². The number of esters is 1. The fourth-order valence-electron chi connectivity index (χ4n) is 10.7. The second kappa shape index (κ2) is 67.3. The Bertz CT molecular complexity index is 1310. The third-order valence-electron chi connectivity index (χ3n) is 16.1. The number of hydrogen-bond donors (Lipinski definition) is 3. The molecule has 2 atom stereocenters. The van der Waals surface area contributed by atoms with Gasteiger partial charge in [-0.2, -0.15) is 0 Å². The van der Waals surface area contributed by atoms with E-state index in [1.54, 1.807) is 6.08 Å². The average Bonchev–Trinajstić information content (AvgIpc) is 3.44. The number of amides is 1. The summed E-state index contributed by atoms with van der Waals surface area (Å²) in [5, 5.41) is 23.3. The third-order valence-corrected chi connectivity index (χ3v) is 16.1. The fourth-order valence-corrected chi connectivity index (χ4v) is 10.7. The van der Waals surface area contributed by atoms with Crippen LogP contribution in [0, 0.1) is 0 Å². The van der Waals surface area contributed by atoms with Crippen LogP contribution < -0.4 is 5.32 Å². The van der Waals surface area contributed by atoms with Crippen LogP contribution in [0.5, 0.6) is 0 Å². The Balaban J connectivity index is 3.46. The van der Waals surface area contributed by atoms with Crippen molar-refractivity contribution in [3.05, 3.63) is 48.6 Å².